The van der Waals surface area contributed by atoms with Gasteiger partial charge in [-0.3, -0.25) is 14.7 Å². The Morgan fingerprint density at radius 2 is 2.00 bits per heavy atom. The molecule has 106 valence electrons. The molecule has 0 spiro atoms. The van der Waals surface area contributed by atoms with Gasteiger partial charge in [-0.05, 0) is 33.8 Å². The zero-order chi connectivity index (χ0) is 14.4. The Morgan fingerprint density at radius 1 is 1.37 bits per heavy atom. The van der Waals surface area contributed by atoms with Crippen LogP contribution in [0.4, 0.5) is 5.69 Å². The predicted octanol–water partition coefficient (Wildman–Crippen LogP) is 1.51. The highest BCUT2D eigenvalue weighted by atomic mass is 16.1. The lowest BCUT2D eigenvalue weighted by atomic mass is 10.2. The second kappa shape index (κ2) is 7.09. The standard InChI is InChI=1S/C14H24N4O/c1-10(2)18(11(3)4)8-7-17-14(19)12-9-16-6-5-13(12)15/h5-6,9-11H,7-8H2,1-4H3,(H2,15,16)(H,17,19). The van der Waals surface area contributed by atoms with Crippen molar-refractivity contribution in [2.45, 2.75) is 39.8 Å². The Hall–Kier alpha value is -1.62. The third kappa shape index (κ3) is 4.52. The van der Waals surface area contributed by atoms with Crippen molar-refractivity contribution >= 4 is 11.6 Å². The lowest BCUT2D eigenvalue weighted by molar-refractivity contribution is 0.0940. The highest BCUT2D eigenvalue weighted by Crippen LogP contribution is 2.08. The summed E-state index contributed by atoms with van der Waals surface area (Å²) in [5.41, 5.74) is 6.63. The summed E-state index contributed by atoms with van der Waals surface area (Å²) in [6.07, 6.45) is 3.07. The van der Waals surface area contributed by atoms with E-state index in [2.05, 4.69) is 42.9 Å². The summed E-state index contributed by atoms with van der Waals surface area (Å²) < 4.78 is 0. The summed E-state index contributed by atoms with van der Waals surface area (Å²) in [5, 5.41) is 2.88. The summed E-state index contributed by atoms with van der Waals surface area (Å²) in [6.45, 7) is 10.0. The van der Waals surface area contributed by atoms with Crippen molar-refractivity contribution in [2.75, 3.05) is 18.8 Å². The number of hydrogen-bond donors (Lipinski definition) is 2. The molecule has 0 radical (unpaired) electrons. The van der Waals surface area contributed by atoms with E-state index in [1.54, 1.807) is 12.3 Å². The summed E-state index contributed by atoms with van der Waals surface area (Å²) in [7, 11) is 0. The van der Waals surface area contributed by atoms with Gasteiger partial charge in [0.1, 0.15) is 0 Å². The number of nitrogen functional groups attached to an aromatic ring is 1. The van der Waals surface area contributed by atoms with Crippen molar-refractivity contribution in [2.24, 2.45) is 0 Å². The number of nitrogens with one attached hydrogen (secondary N) is 1. The largest absolute Gasteiger partial charge is 0.398 e. The van der Waals surface area contributed by atoms with E-state index in [1.807, 2.05) is 0 Å². The van der Waals surface area contributed by atoms with E-state index in [9.17, 15) is 4.79 Å². The van der Waals surface area contributed by atoms with Crippen LogP contribution >= 0.6 is 0 Å². The molecule has 0 bridgehead atoms. The number of nitrogens with two attached hydrogens (primary N) is 1. The zero-order valence-electron chi connectivity index (χ0n) is 12.2. The average molecular weight is 264 g/mol. The van der Waals surface area contributed by atoms with Crippen molar-refractivity contribution in [1.82, 2.24) is 15.2 Å². The molecular formula is C14H24N4O. The van der Waals surface area contributed by atoms with E-state index in [1.165, 1.54) is 6.20 Å². The van der Waals surface area contributed by atoms with Crippen LogP contribution in [0.3, 0.4) is 0 Å². The molecule has 0 aliphatic rings. The van der Waals surface area contributed by atoms with Crippen molar-refractivity contribution in [3.05, 3.63) is 24.0 Å². The lowest BCUT2D eigenvalue weighted by Crippen LogP contribution is -2.42. The smallest absolute Gasteiger partial charge is 0.254 e. The topological polar surface area (TPSA) is 71.2 Å². The quantitative estimate of drug-likeness (QED) is 0.817. The van der Waals surface area contributed by atoms with E-state index in [-0.39, 0.29) is 5.91 Å². The van der Waals surface area contributed by atoms with Gasteiger partial charge in [-0.25, -0.2) is 0 Å². The number of amides is 1. The van der Waals surface area contributed by atoms with Gasteiger partial charge >= 0.3 is 0 Å². The van der Waals surface area contributed by atoms with Gasteiger partial charge in [0.25, 0.3) is 5.91 Å². The predicted molar refractivity (Wildman–Crippen MR) is 78.0 cm³/mol. The summed E-state index contributed by atoms with van der Waals surface area (Å²) >= 11 is 0. The molecule has 0 saturated heterocycles. The lowest BCUT2D eigenvalue weighted by Gasteiger charge is -2.30. The van der Waals surface area contributed by atoms with E-state index >= 15 is 0 Å². The number of rotatable bonds is 6. The third-order valence-corrected chi connectivity index (χ3v) is 3.08. The molecule has 1 amide bonds. The minimum atomic E-state index is -0.168. The first kappa shape index (κ1) is 15.4. The van der Waals surface area contributed by atoms with Gasteiger partial charge in [0, 0.05) is 43.3 Å². The van der Waals surface area contributed by atoms with E-state index in [0.717, 1.165) is 6.54 Å². The molecule has 0 aromatic carbocycles. The monoisotopic (exact) mass is 264 g/mol. The summed E-state index contributed by atoms with van der Waals surface area (Å²) in [6, 6.07) is 2.55. The van der Waals surface area contributed by atoms with Crippen LogP contribution in [0.25, 0.3) is 0 Å². The molecule has 0 fully saturated rings. The van der Waals surface area contributed by atoms with Gasteiger partial charge in [-0.15, -0.1) is 0 Å². The van der Waals surface area contributed by atoms with Crippen LogP contribution in [0, 0.1) is 0 Å². The van der Waals surface area contributed by atoms with Crippen LogP contribution in [-0.2, 0) is 0 Å². The molecule has 0 aliphatic carbocycles. The normalized spacial score (nSPS) is 11.3. The Morgan fingerprint density at radius 3 is 2.53 bits per heavy atom. The van der Waals surface area contributed by atoms with Crippen LogP contribution in [-0.4, -0.2) is 41.0 Å². The number of hydrogen-bond acceptors (Lipinski definition) is 4. The molecule has 3 N–H and O–H groups in total. The number of anilines is 1. The molecule has 5 heteroatoms. The number of carbonyl (C=O) groups is 1. The van der Waals surface area contributed by atoms with Gasteiger partial charge in [-0.1, -0.05) is 0 Å². The number of aromatic nitrogens is 1. The molecule has 1 aromatic heterocycles. The van der Waals surface area contributed by atoms with Gasteiger partial charge in [0.05, 0.1) is 5.56 Å². The molecule has 0 atom stereocenters. The average Bonchev–Trinajstić information content (AvgIpc) is 2.33. The minimum absolute atomic E-state index is 0.168. The first-order valence-corrected chi connectivity index (χ1v) is 6.67. The highest BCUT2D eigenvalue weighted by Gasteiger charge is 2.14. The SMILES string of the molecule is CC(C)N(CCNC(=O)c1cnccc1N)C(C)C. The fourth-order valence-electron chi connectivity index (χ4n) is 2.10. The molecule has 5 nitrogen and oxygen atoms in total. The molecule has 19 heavy (non-hydrogen) atoms. The van der Waals surface area contributed by atoms with Gasteiger partial charge in [0.15, 0.2) is 0 Å². The van der Waals surface area contributed by atoms with Crippen molar-refractivity contribution in [1.29, 1.82) is 0 Å². The first-order chi connectivity index (χ1) is 8.93. The van der Waals surface area contributed by atoms with Gasteiger partial charge in [0.2, 0.25) is 0 Å². The number of nitrogens with zero attached hydrogens (tertiary/aromatic N) is 2. The maximum absolute atomic E-state index is 11.9. The third-order valence-electron chi connectivity index (χ3n) is 3.08. The van der Waals surface area contributed by atoms with Crippen molar-refractivity contribution in [3.8, 4) is 0 Å². The molecular weight excluding hydrogens is 240 g/mol. The maximum atomic E-state index is 11.9. The van der Waals surface area contributed by atoms with E-state index in [4.69, 9.17) is 5.73 Å². The molecule has 0 unspecified atom stereocenters. The Balaban J connectivity index is 2.49. The van der Waals surface area contributed by atoms with Gasteiger partial charge < -0.3 is 11.1 Å². The summed E-state index contributed by atoms with van der Waals surface area (Å²) in [4.78, 5) is 18.2. The highest BCUT2D eigenvalue weighted by molar-refractivity contribution is 5.98. The molecule has 1 aromatic rings. The van der Waals surface area contributed by atoms with Crippen LogP contribution in [0.5, 0.6) is 0 Å². The Kier molecular flexibility index (Phi) is 5.76. The van der Waals surface area contributed by atoms with Crippen LogP contribution in [0.1, 0.15) is 38.1 Å². The first-order valence-electron chi connectivity index (χ1n) is 6.67. The Labute approximate surface area is 115 Å². The number of pyridine rings is 1. The second-order valence-corrected chi connectivity index (χ2v) is 5.14. The fraction of sp³-hybridized carbons (Fsp3) is 0.571. The Bertz CT molecular complexity index is 410. The van der Waals surface area contributed by atoms with Crippen LogP contribution in [0.15, 0.2) is 18.5 Å². The number of carbonyl (C=O) groups excluding carboxylic acids is 1. The van der Waals surface area contributed by atoms with Crippen molar-refractivity contribution in [3.63, 3.8) is 0 Å². The van der Waals surface area contributed by atoms with Crippen LogP contribution in [0.2, 0.25) is 0 Å². The van der Waals surface area contributed by atoms with Gasteiger partial charge in [-0.2, -0.15) is 0 Å². The second-order valence-electron chi connectivity index (χ2n) is 5.14. The van der Waals surface area contributed by atoms with E-state index < -0.39 is 0 Å². The molecule has 1 rings (SSSR count). The molecule has 0 saturated carbocycles. The van der Waals surface area contributed by atoms with Crippen LogP contribution < -0.4 is 11.1 Å². The summed E-state index contributed by atoms with van der Waals surface area (Å²) in [5.74, 6) is -0.168. The minimum Gasteiger partial charge on any atom is -0.398 e. The molecule has 0 aliphatic heterocycles. The zero-order valence-corrected chi connectivity index (χ0v) is 12.2. The maximum Gasteiger partial charge on any atom is 0.254 e. The molecule has 1 heterocycles. The fourth-order valence-corrected chi connectivity index (χ4v) is 2.10. The van der Waals surface area contributed by atoms with Crippen molar-refractivity contribution < 1.29 is 4.79 Å². The van der Waals surface area contributed by atoms with E-state index in [0.29, 0.717) is 29.9 Å².